The van der Waals surface area contributed by atoms with Crippen molar-refractivity contribution in [3.05, 3.63) is 29.3 Å². The maximum absolute atomic E-state index is 13.0. The highest BCUT2D eigenvalue weighted by Gasteiger charge is 2.56. The summed E-state index contributed by atoms with van der Waals surface area (Å²) in [5, 5.41) is 2.38. The Kier molecular flexibility index (Phi) is 6.91. The molecule has 36 heavy (non-hydrogen) atoms. The minimum Gasteiger partial charge on any atom is -0.322 e. The van der Waals surface area contributed by atoms with Gasteiger partial charge in [0.2, 0.25) is 11.8 Å². The second kappa shape index (κ2) is 10.2. The number of carbonyl (C=O) groups is 3. The van der Waals surface area contributed by atoms with E-state index in [0.717, 1.165) is 39.4 Å². The molecule has 4 bridgehead atoms. The maximum atomic E-state index is 13.0. The molecule has 1 N–H and O–H groups in total. The highest BCUT2D eigenvalue weighted by molar-refractivity contribution is 7.99. The van der Waals surface area contributed by atoms with Crippen LogP contribution >= 0.6 is 11.8 Å². The molecule has 5 fully saturated rings. The third-order valence-corrected chi connectivity index (χ3v) is 11.2. The number of fused-ring (bicyclic) bond motifs is 1. The molecule has 2 heterocycles. The summed E-state index contributed by atoms with van der Waals surface area (Å²) in [7, 11) is 0. The SMILES string of the molecule is O=C1CCC(N2Cc3c(SCCCCCCCCC45CC6CC(CC4C6)C5)cccc3C2=O)C(=O)N1. The van der Waals surface area contributed by atoms with Gasteiger partial charge in [0.1, 0.15) is 6.04 Å². The first kappa shape index (κ1) is 24.5. The van der Waals surface area contributed by atoms with Crippen LogP contribution < -0.4 is 5.32 Å². The predicted molar refractivity (Wildman–Crippen MR) is 142 cm³/mol. The monoisotopic (exact) mass is 508 g/mol. The zero-order valence-electron chi connectivity index (χ0n) is 21.4. The average molecular weight is 509 g/mol. The van der Waals surface area contributed by atoms with E-state index in [1.54, 1.807) is 37.0 Å². The number of rotatable bonds is 11. The second-order valence-corrected chi connectivity index (χ2v) is 13.4. The Morgan fingerprint density at radius 3 is 2.47 bits per heavy atom. The van der Waals surface area contributed by atoms with Crippen molar-refractivity contribution >= 4 is 29.5 Å². The minimum atomic E-state index is -0.543. The quantitative estimate of drug-likeness (QED) is 0.223. The van der Waals surface area contributed by atoms with Crippen molar-refractivity contribution in [3.8, 4) is 0 Å². The third kappa shape index (κ3) is 4.63. The lowest BCUT2D eigenvalue weighted by molar-refractivity contribution is -0.136. The molecule has 6 heteroatoms. The van der Waals surface area contributed by atoms with Gasteiger partial charge in [0.15, 0.2) is 0 Å². The maximum Gasteiger partial charge on any atom is 0.255 e. The van der Waals surface area contributed by atoms with Gasteiger partial charge in [0.05, 0.1) is 0 Å². The Morgan fingerprint density at radius 1 is 0.944 bits per heavy atom. The molecule has 7 rings (SSSR count). The van der Waals surface area contributed by atoms with E-state index in [9.17, 15) is 14.4 Å². The summed E-state index contributed by atoms with van der Waals surface area (Å²) in [6.45, 7) is 0.466. The minimum absolute atomic E-state index is 0.0833. The Balaban J connectivity index is 0.902. The molecule has 3 amide bonds. The van der Waals surface area contributed by atoms with Gasteiger partial charge in [-0.25, -0.2) is 0 Å². The van der Waals surface area contributed by atoms with E-state index in [1.165, 1.54) is 44.9 Å². The van der Waals surface area contributed by atoms with E-state index in [0.29, 0.717) is 24.9 Å². The molecule has 4 aliphatic carbocycles. The standard InChI is InChI=1S/C30H40N2O3S/c33-27-11-10-25(28(34)31-27)32-19-24-23(29(32)35)8-7-9-26(24)36-13-6-4-2-1-3-5-12-30-17-20-14-21(18-30)16-22(30)15-20/h7-9,20-22,25H,1-6,10-19H2,(H,31,33,34). The summed E-state index contributed by atoms with van der Waals surface area (Å²) < 4.78 is 0. The first-order chi connectivity index (χ1) is 17.5. The van der Waals surface area contributed by atoms with Crippen LogP contribution in [0.2, 0.25) is 0 Å². The lowest BCUT2D eigenvalue weighted by atomic mass is 9.72. The largest absolute Gasteiger partial charge is 0.322 e. The summed E-state index contributed by atoms with van der Waals surface area (Å²) in [5.41, 5.74) is 2.54. The lowest BCUT2D eigenvalue weighted by Crippen LogP contribution is -2.52. The Labute approximate surface area is 219 Å². The number of benzene rings is 1. The number of hydrogen-bond donors (Lipinski definition) is 1. The predicted octanol–water partition coefficient (Wildman–Crippen LogP) is 6.10. The van der Waals surface area contributed by atoms with E-state index < -0.39 is 6.04 Å². The molecule has 3 unspecified atom stereocenters. The third-order valence-electron chi connectivity index (χ3n) is 10.0. The molecule has 0 radical (unpaired) electrons. The molecular formula is C30H40N2O3S. The molecule has 194 valence electrons. The van der Waals surface area contributed by atoms with Crippen LogP contribution in [0.4, 0.5) is 0 Å². The smallest absolute Gasteiger partial charge is 0.255 e. The summed E-state index contributed by atoms with van der Waals surface area (Å²) in [6, 6.07) is 5.39. The van der Waals surface area contributed by atoms with Crippen LogP contribution in [0, 0.1) is 23.2 Å². The highest BCUT2D eigenvalue weighted by Crippen LogP contribution is 2.67. The van der Waals surface area contributed by atoms with Crippen molar-refractivity contribution in [2.24, 2.45) is 23.2 Å². The van der Waals surface area contributed by atoms with Gasteiger partial charge in [-0.05, 0) is 98.0 Å². The normalized spacial score (nSPS) is 32.4. The van der Waals surface area contributed by atoms with E-state index in [1.807, 2.05) is 23.9 Å². The van der Waals surface area contributed by atoms with E-state index in [2.05, 4.69) is 11.4 Å². The summed E-state index contributed by atoms with van der Waals surface area (Å²) in [5.74, 6) is 3.66. The molecule has 4 saturated carbocycles. The Hall–Kier alpha value is -1.82. The van der Waals surface area contributed by atoms with Crippen LogP contribution in [-0.2, 0) is 16.1 Å². The van der Waals surface area contributed by atoms with Crippen LogP contribution in [0.5, 0.6) is 0 Å². The molecular weight excluding hydrogens is 468 g/mol. The van der Waals surface area contributed by atoms with E-state index in [4.69, 9.17) is 0 Å². The zero-order valence-corrected chi connectivity index (χ0v) is 22.3. The van der Waals surface area contributed by atoms with Crippen LogP contribution in [-0.4, -0.2) is 34.4 Å². The van der Waals surface area contributed by atoms with Crippen LogP contribution in [0.25, 0.3) is 0 Å². The van der Waals surface area contributed by atoms with Gasteiger partial charge in [-0.3, -0.25) is 19.7 Å². The number of amides is 3. The zero-order chi connectivity index (χ0) is 24.7. The first-order valence-electron chi connectivity index (χ1n) is 14.4. The number of piperidine rings is 1. The fourth-order valence-electron chi connectivity index (χ4n) is 8.53. The molecule has 5 nitrogen and oxygen atoms in total. The fraction of sp³-hybridized carbons (Fsp3) is 0.700. The number of nitrogens with zero attached hydrogens (tertiary/aromatic N) is 1. The topological polar surface area (TPSA) is 66.5 Å². The van der Waals surface area contributed by atoms with Crippen molar-refractivity contribution in [2.45, 2.75) is 107 Å². The lowest BCUT2D eigenvalue weighted by Gasteiger charge is -2.33. The van der Waals surface area contributed by atoms with Gasteiger partial charge in [0, 0.05) is 23.4 Å². The van der Waals surface area contributed by atoms with Crippen molar-refractivity contribution in [1.82, 2.24) is 10.2 Å². The molecule has 0 aromatic heterocycles. The summed E-state index contributed by atoms with van der Waals surface area (Å²) >= 11 is 1.84. The Bertz CT molecular complexity index is 1030. The molecule has 1 aromatic carbocycles. The van der Waals surface area contributed by atoms with Crippen molar-refractivity contribution < 1.29 is 14.4 Å². The van der Waals surface area contributed by atoms with Crippen LogP contribution in [0.15, 0.2) is 23.1 Å². The van der Waals surface area contributed by atoms with Crippen molar-refractivity contribution in [2.75, 3.05) is 5.75 Å². The number of thioether (sulfide) groups is 1. The average Bonchev–Trinajstić information content (AvgIpc) is 3.40. The van der Waals surface area contributed by atoms with Crippen LogP contribution in [0.3, 0.4) is 0 Å². The van der Waals surface area contributed by atoms with Gasteiger partial charge < -0.3 is 4.90 Å². The van der Waals surface area contributed by atoms with E-state index >= 15 is 0 Å². The van der Waals surface area contributed by atoms with Crippen molar-refractivity contribution in [3.63, 3.8) is 0 Å². The fourth-order valence-corrected chi connectivity index (χ4v) is 9.63. The number of imide groups is 1. The summed E-state index contributed by atoms with van der Waals surface area (Å²) in [6.07, 6.45) is 18.0. The number of nitrogens with one attached hydrogen (secondary N) is 1. The van der Waals surface area contributed by atoms with E-state index in [-0.39, 0.29) is 17.7 Å². The first-order valence-corrected chi connectivity index (χ1v) is 15.4. The highest BCUT2D eigenvalue weighted by atomic mass is 32.2. The molecule has 6 aliphatic rings. The molecule has 1 aromatic rings. The van der Waals surface area contributed by atoms with Gasteiger partial charge in [-0.2, -0.15) is 0 Å². The van der Waals surface area contributed by atoms with Gasteiger partial charge in [-0.15, -0.1) is 11.8 Å². The summed E-state index contributed by atoms with van der Waals surface area (Å²) in [4.78, 5) is 39.6. The Morgan fingerprint density at radius 2 is 1.69 bits per heavy atom. The molecule has 2 aliphatic heterocycles. The number of hydrogen-bond acceptors (Lipinski definition) is 4. The van der Waals surface area contributed by atoms with Gasteiger partial charge >= 0.3 is 0 Å². The van der Waals surface area contributed by atoms with Crippen molar-refractivity contribution in [1.29, 1.82) is 0 Å². The molecule has 0 spiro atoms. The second-order valence-electron chi connectivity index (χ2n) is 12.3. The number of carbonyl (C=O) groups excluding carboxylic acids is 3. The van der Waals surface area contributed by atoms with Gasteiger partial charge in [0.25, 0.3) is 5.91 Å². The van der Waals surface area contributed by atoms with Crippen LogP contribution in [0.1, 0.15) is 106 Å². The molecule has 1 saturated heterocycles. The molecule has 3 atom stereocenters. The number of unbranched alkanes of at least 4 members (excludes halogenated alkanes) is 5. The van der Waals surface area contributed by atoms with Gasteiger partial charge in [-0.1, -0.05) is 38.2 Å².